The minimum Gasteiger partial charge on any atom is -0.368 e. The number of ketones is 1. The molecule has 2 aromatic rings. The third-order valence-corrected chi connectivity index (χ3v) is 7.16. The fraction of sp³-hybridized carbons (Fsp3) is 0.474. The number of aromatic nitrogens is 1. The van der Waals surface area contributed by atoms with Crippen molar-refractivity contribution in [3.63, 3.8) is 0 Å². The zero-order chi connectivity index (χ0) is 20.2. The van der Waals surface area contributed by atoms with Crippen LogP contribution in [0, 0.1) is 0 Å². The third-order valence-electron chi connectivity index (χ3n) is 4.82. The lowest BCUT2D eigenvalue weighted by Crippen LogP contribution is -2.63. The largest absolute Gasteiger partial charge is 0.368 e. The van der Waals surface area contributed by atoms with Crippen LogP contribution in [-0.2, 0) is 14.6 Å². The molecule has 0 unspecified atom stereocenters. The van der Waals surface area contributed by atoms with Crippen molar-refractivity contribution in [1.82, 2.24) is 4.98 Å². The van der Waals surface area contributed by atoms with E-state index in [0.29, 0.717) is 31.2 Å². The second-order valence-electron chi connectivity index (χ2n) is 6.95. The van der Waals surface area contributed by atoms with Crippen molar-refractivity contribution in [2.45, 2.75) is 50.3 Å². The van der Waals surface area contributed by atoms with E-state index < -0.39 is 38.1 Å². The summed E-state index contributed by atoms with van der Waals surface area (Å²) in [6.45, 7) is 3.78. The number of carbonyl (C=O) groups is 2. The van der Waals surface area contributed by atoms with E-state index in [1.807, 2.05) is 19.9 Å². The molecule has 1 amide bonds. The number of hydrogen-bond donors (Lipinski definition) is 3. The van der Waals surface area contributed by atoms with E-state index in [-0.39, 0.29) is 18.0 Å². The number of H-pyrrole nitrogens is 1. The van der Waals surface area contributed by atoms with E-state index >= 15 is 0 Å². The topological polar surface area (TPSA) is 136 Å². The lowest BCUT2D eigenvalue weighted by molar-refractivity contribution is -0.120. The fourth-order valence-electron chi connectivity index (χ4n) is 3.28. The van der Waals surface area contributed by atoms with Crippen molar-refractivity contribution in [3.05, 3.63) is 36.0 Å². The third kappa shape index (κ3) is 4.92. The summed E-state index contributed by atoms with van der Waals surface area (Å²) in [5.74, 6) is -2.72. The number of carbonyl (C=O) groups excluding carboxylic acids is 2. The average Bonchev–Trinajstić information content (AvgIpc) is 3.07. The maximum Gasteiger partial charge on any atom is 0.246 e. The van der Waals surface area contributed by atoms with Gasteiger partial charge < -0.3 is 16.5 Å². The number of benzene rings is 1. The summed E-state index contributed by atoms with van der Waals surface area (Å²) in [6.07, 6.45) is 3.97. The molecule has 0 aliphatic carbocycles. The molecule has 9 heteroatoms. The van der Waals surface area contributed by atoms with E-state index in [9.17, 15) is 18.0 Å². The van der Waals surface area contributed by atoms with Crippen LogP contribution in [0.5, 0.6) is 0 Å². The summed E-state index contributed by atoms with van der Waals surface area (Å²) >= 11 is 0. The van der Waals surface area contributed by atoms with Gasteiger partial charge in [-0.25, -0.2) is 8.42 Å². The summed E-state index contributed by atoms with van der Waals surface area (Å²) in [7, 11) is -3.79. The van der Waals surface area contributed by atoms with Gasteiger partial charge in [0.25, 0.3) is 0 Å². The first kappa shape index (κ1) is 24.1. The maximum absolute atomic E-state index is 13.0. The van der Waals surface area contributed by atoms with Gasteiger partial charge in [0.2, 0.25) is 5.91 Å². The Bertz CT molecular complexity index is 936. The van der Waals surface area contributed by atoms with Crippen LogP contribution in [0.25, 0.3) is 10.9 Å². The minimum absolute atomic E-state index is 0. The molecule has 7 nitrogen and oxygen atoms in total. The summed E-state index contributed by atoms with van der Waals surface area (Å²) < 4.78 is 25.8. The zero-order valence-electron chi connectivity index (χ0n) is 16.1. The van der Waals surface area contributed by atoms with Crippen LogP contribution >= 0.6 is 12.4 Å². The van der Waals surface area contributed by atoms with E-state index in [0.717, 1.165) is 5.39 Å². The molecule has 0 saturated heterocycles. The van der Waals surface area contributed by atoms with Crippen LogP contribution < -0.4 is 11.5 Å². The Kier molecular flexibility index (Phi) is 8.22. The highest BCUT2D eigenvalue weighted by Gasteiger charge is 2.46. The number of nitrogens with two attached hydrogens (primary N) is 2. The number of fused-ring (bicyclic) bond motifs is 1. The SMILES string of the molecule is CCCC(CCC)S(=O)(=O)C[C@](N)(C(N)=O)C(=O)c1ccc2cc[nH]c2c1.Cl. The van der Waals surface area contributed by atoms with Gasteiger partial charge in [-0.15, -0.1) is 12.4 Å². The summed E-state index contributed by atoms with van der Waals surface area (Å²) in [6, 6.07) is 6.60. The molecule has 0 bridgehead atoms. The molecular formula is C19H28ClN3O4S. The van der Waals surface area contributed by atoms with E-state index in [1.165, 1.54) is 6.07 Å². The second-order valence-corrected chi connectivity index (χ2v) is 9.23. The number of hydrogen-bond acceptors (Lipinski definition) is 5. The molecule has 5 N–H and O–H groups in total. The minimum atomic E-state index is -3.79. The van der Waals surface area contributed by atoms with Crippen molar-refractivity contribution in [3.8, 4) is 0 Å². The van der Waals surface area contributed by atoms with Crippen molar-refractivity contribution in [2.24, 2.45) is 11.5 Å². The Hall–Kier alpha value is -1.90. The van der Waals surface area contributed by atoms with Crippen LogP contribution in [-0.4, -0.2) is 41.6 Å². The van der Waals surface area contributed by atoms with Crippen molar-refractivity contribution in [2.75, 3.05) is 5.75 Å². The van der Waals surface area contributed by atoms with E-state index in [2.05, 4.69) is 4.98 Å². The molecule has 0 radical (unpaired) electrons. The Morgan fingerprint density at radius 3 is 2.29 bits per heavy atom. The lowest BCUT2D eigenvalue weighted by Gasteiger charge is -2.27. The molecule has 1 aromatic heterocycles. The lowest BCUT2D eigenvalue weighted by atomic mass is 9.91. The summed E-state index contributed by atoms with van der Waals surface area (Å²) in [5, 5.41) is 0.236. The highest BCUT2D eigenvalue weighted by Crippen LogP contribution is 2.23. The van der Waals surface area contributed by atoms with Gasteiger partial charge >= 0.3 is 0 Å². The first-order valence-electron chi connectivity index (χ1n) is 9.08. The van der Waals surface area contributed by atoms with Crippen LogP contribution in [0.2, 0.25) is 0 Å². The molecular weight excluding hydrogens is 402 g/mol. The summed E-state index contributed by atoms with van der Waals surface area (Å²) in [4.78, 5) is 28.0. The zero-order valence-corrected chi connectivity index (χ0v) is 17.7. The molecule has 0 aliphatic heterocycles. The van der Waals surface area contributed by atoms with Gasteiger partial charge in [-0.05, 0) is 30.4 Å². The number of aromatic amines is 1. The van der Waals surface area contributed by atoms with Crippen LogP contribution in [0.3, 0.4) is 0 Å². The Morgan fingerprint density at radius 2 is 1.75 bits per heavy atom. The highest BCUT2D eigenvalue weighted by molar-refractivity contribution is 7.92. The van der Waals surface area contributed by atoms with Gasteiger partial charge in [0.15, 0.2) is 21.2 Å². The number of nitrogens with one attached hydrogen (secondary N) is 1. The number of sulfone groups is 1. The second kappa shape index (κ2) is 9.54. The molecule has 0 fully saturated rings. The molecule has 156 valence electrons. The van der Waals surface area contributed by atoms with Crippen molar-refractivity contribution >= 4 is 44.8 Å². The van der Waals surface area contributed by atoms with Crippen LogP contribution in [0.4, 0.5) is 0 Å². The predicted molar refractivity (Wildman–Crippen MR) is 113 cm³/mol. The Morgan fingerprint density at radius 1 is 1.14 bits per heavy atom. The average molecular weight is 430 g/mol. The van der Waals surface area contributed by atoms with E-state index in [4.69, 9.17) is 11.5 Å². The molecule has 28 heavy (non-hydrogen) atoms. The Balaban J connectivity index is 0.00000392. The van der Waals surface area contributed by atoms with Gasteiger partial charge in [0, 0.05) is 17.3 Å². The smallest absolute Gasteiger partial charge is 0.246 e. The molecule has 2 rings (SSSR count). The number of Topliss-reactive ketones (excluding diaryl/α,β-unsaturated/α-hetero) is 1. The first-order chi connectivity index (χ1) is 12.7. The first-order valence-corrected chi connectivity index (χ1v) is 10.8. The van der Waals surface area contributed by atoms with Crippen LogP contribution in [0.15, 0.2) is 30.5 Å². The van der Waals surface area contributed by atoms with Gasteiger partial charge in [-0.1, -0.05) is 38.8 Å². The molecule has 1 heterocycles. The molecule has 0 saturated carbocycles. The van der Waals surface area contributed by atoms with E-state index in [1.54, 1.807) is 18.3 Å². The molecule has 1 aromatic carbocycles. The van der Waals surface area contributed by atoms with Crippen molar-refractivity contribution in [1.29, 1.82) is 0 Å². The van der Waals surface area contributed by atoms with Gasteiger partial charge in [-0.3, -0.25) is 9.59 Å². The number of rotatable bonds is 10. The summed E-state index contributed by atoms with van der Waals surface area (Å²) in [5.41, 5.74) is 9.96. The van der Waals surface area contributed by atoms with Gasteiger partial charge in [0.1, 0.15) is 0 Å². The monoisotopic (exact) mass is 429 g/mol. The Labute approximate surface area is 171 Å². The molecule has 1 atom stereocenters. The number of primary amides is 1. The van der Waals surface area contributed by atoms with Crippen LogP contribution in [0.1, 0.15) is 49.9 Å². The number of amides is 1. The van der Waals surface area contributed by atoms with Crippen molar-refractivity contribution < 1.29 is 18.0 Å². The molecule has 0 spiro atoms. The standard InChI is InChI=1S/C19H27N3O4S.ClH/c1-3-5-15(6-4-2)27(25,26)12-19(21,18(20)24)17(23)14-8-7-13-9-10-22-16(13)11-14;/h7-11,15,22H,3-6,12,21H2,1-2H3,(H2,20,24);1H/t19-;/m1./s1. The van der Waals surface area contributed by atoms with Gasteiger partial charge in [-0.2, -0.15) is 0 Å². The number of halogens is 1. The quantitative estimate of drug-likeness (QED) is 0.393. The maximum atomic E-state index is 13.0. The van der Waals surface area contributed by atoms with Gasteiger partial charge in [0.05, 0.1) is 11.0 Å². The normalized spacial score (nSPS) is 13.9. The highest BCUT2D eigenvalue weighted by atomic mass is 35.5. The predicted octanol–water partition coefficient (Wildman–Crippen LogP) is 2.34. The fourth-order valence-corrected chi connectivity index (χ4v) is 5.61. The molecule has 0 aliphatic rings.